The van der Waals surface area contributed by atoms with Crippen LogP contribution in [0.3, 0.4) is 0 Å². The van der Waals surface area contributed by atoms with Crippen molar-refractivity contribution >= 4 is 0 Å². The molecule has 1 N–H and O–H groups in total. The summed E-state index contributed by atoms with van der Waals surface area (Å²) < 4.78 is 18.6. The second-order valence-corrected chi connectivity index (χ2v) is 8.95. The van der Waals surface area contributed by atoms with Crippen molar-refractivity contribution in [3.63, 3.8) is 0 Å². The van der Waals surface area contributed by atoms with Crippen LogP contribution in [0.25, 0.3) is 0 Å². The van der Waals surface area contributed by atoms with Gasteiger partial charge in [0, 0.05) is 38.8 Å². The predicted octanol–water partition coefficient (Wildman–Crippen LogP) is 4.68. The molecule has 1 aliphatic heterocycles. The number of aliphatic hydroxyl groups is 1. The third-order valence-electron chi connectivity index (χ3n) is 6.41. The van der Waals surface area contributed by atoms with E-state index >= 15 is 0 Å². The van der Waals surface area contributed by atoms with E-state index in [1.54, 1.807) is 12.1 Å². The van der Waals surface area contributed by atoms with Crippen molar-refractivity contribution in [3.05, 3.63) is 65.0 Å². The molecule has 0 saturated carbocycles. The molecular weight excluding hydrogens is 417 g/mol. The predicted molar refractivity (Wildman–Crippen MR) is 129 cm³/mol. The molecule has 0 radical (unpaired) electrons. The molecule has 178 valence electrons. The Labute approximate surface area is 197 Å². The maximum atomic E-state index is 13.0. The van der Waals surface area contributed by atoms with E-state index in [4.69, 9.17) is 4.74 Å². The first-order chi connectivity index (χ1) is 16.0. The van der Waals surface area contributed by atoms with E-state index in [2.05, 4.69) is 34.9 Å². The monoisotopic (exact) mass is 453 g/mol. The maximum Gasteiger partial charge on any atom is 0.123 e. The standard InChI is InChI=1S/C27H36FN3O2/c1-3-4-5-6-27(22-7-8-23(18-29)21(2)17-22)31-15-13-30(14-16-31)19-25(32)20-33-26-11-9-24(28)10-12-26/h7-12,17,25,27,32H,3-6,13-16,19-20H2,1-2H3. The topological polar surface area (TPSA) is 59.7 Å². The lowest BCUT2D eigenvalue weighted by molar-refractivity contribution is 0.0346. The third-order valence-corrected chi connectivity index (χ3v) is 6.41. The number of aliphatic hydroxyl groups excluding tert-OH is 1. The van der Waals surface area contributed by atoms with E-state index in [0.29, 0.717) is 18.3 Å². The number of halogens is 1. The van der Waals surface area contributed by atoms with Crippen LogP contribution >= 0.6 is 0 Å². The minimum Gasteiger partial charge on any atom is -0.491 e. The molecule has 0 bridgehead atoms. The fourth-order valence-electron chi connectivity index (χ4n) is 4.50. The number of piperazine rings is 1. The van der Waals surface area contributed by atoms with Gasteiger partial charge < -0.3 is 9.84 Å². The van der Waals surface area contributed by atoms with Crippen molar-refractivity contribution in [1.29, 1.82) is 5.26 Å². The SMILES string of the molecule is CCCCCC(c1ccc(C#N)c(C)c1)N1CCN(CC(O)COc2ccc(F)cc2)CC1. The number of nitrogens with zero attached hydrogens (tertiary/aromatic N) is 3. The van der Waals surface area contributed by atoms with Crippen molar-refractivity contribution in [2.24, 2.45) is 0 Å². The van der Waals surface area contributed by atoms with Gasteiger partial charge in [0.1, 0.15) is 24.3 Å². The van der Waals surface area contributed by atoms with Crippen molar-refractivity contribution < 1.29 is 14.2 Å². The molecule has 6 heteroatoms. The number of benzene rings is 2. The van der Waals surface area contributed by atoms with Crippen LogP contribution in [-0.4, -0.2) is 60.3 Å². The largest absolute Gasteiger partial charge is 0.491 e. The molecule has 0 spiro atoms. The third kappa shape index (κ3) is 7.53. The van der Waals surface area contributed by atoms with Gasteiger partial charge in [0.2, 0.25) is 0 Å². The fraction of sp³-hybridized carbons (Fsp3) is 0.519. The average molecular weight is 454 g/mol. The lowest BCUT2D eigenvalue weighted by atomic mass is 9.95. The molecule has 5 nitrogen and oxygen atoms in total. The molecule has 1 fully saturated rings. The Morgan fingerprint density at radius 1 is 1.09 bits per heavy atom. The highest BCUT2D eigenvalue weighted by Gasteiger charge is 2.26. The number of β-amino-alcohol motifs (C(OH)–C–C–N with tert-alkyl or cyclic N) is 1. The number of aryl methyl sites for hydroxylation is 1. The smallest absolute Gasteiger partial charge is 0.123 e. The minimum absolute atomic E-state index is 0.190. The van der Waals surface area contributed by atoms with Gasteiger partial charge in [-0.1, -0.05) is 38.3 Å². The molecule has 0 aliphatic carbocycles. The first-order valence-electron chi connectivity index (χ1n) is 12.0. The Morgan fingerprint density at radius 2 is 1.82 bits per heavy atom. The van der Waals surface area contributed by atoms with Crippen LogP contribution in [-0.2, 0) is 0 Å². The van der Waals surface area contributed by atoms with Crippen LogP contribution < -0.4 is 4.74 Å². The van der Waals surface area contributed by atoms with Gasteiger partial charge in [0.05, 0.1) is 11.6 Å². The number of nitriles is 1. The molecule has 0 amide bonds. The molecule has 33 heavy (non-hydrogen) atoms. The number of hydrogen-bond donors (Lipinski definition) is 1. The Balaban J connectivity index is 1.52. The van der Waals surface area contributed by atoms with Crippen LogP contribution in [0.2, 0.25) is 0 Å². The van der Waals surface area contributed by atoms with Crippen molar-refractivity contribution in [2.45, 2.75) is 51.7 Å². The van der Waals surface area contributed by atoms with E-state index in [9.17, 15) is 14.8 Å². The zero-order valence-electron chi connectivity index (χ0n) is 19.8. The quantitative estimate of drug-likeness (QED) is 0.501. The summed E-state index contributed by atoms with van der Waals surface area (Å²) in [5.74, 6) is 0.262. The maximum absolute atomic E-state index is 13.0. The first-order valence-corrected chi connectivity index (χ1v) is 12.0. The molecule has 1 heterocycles. The molecule has 2 unspecified atom stereocenters. The number of rotatable bonds is 11. The summed E-state index contributed by atoms with van der Waals surface area (Å²) >= 11 is 0. The summed E-state index contributed by atoms with van der Waals surface area (Å²) in [6, 6.07) is 14.7. The number of unbranched alkanes of at least 4 members (excludes halogenated alkanes) is 2. The van der Waals surface area contributed by atoms with Crippen LogP contribution in [0.15, 0.2) is 42.5 Å². The van der Waals surface area contributed by atoms with Gasteiger partial charge in [-0.3, -0.25) is 9.80 Å². The highest BCUT2D eigenvalue weighted by Crippen LogP contribution is 2.29. The van der Waals surface area contributed by atoms with Crippen molar-refractivity contribution in [1.82, 2.24) is 9.80 Å². The lowest BCUT2D eigenvalue weighted by Gasteiger charge is -2.40. The highest BCUT2D eigenvalue weighted by molar-refractivity contribution is 5.40. The van der Waals surface area contributed by atoms with E-state index < -0.39 is 6.10 Å². The normalized spacial score (nSPS) is 16.8. The average Bonchev–Trinajstić information content (AvgIpc) is 2.82. The number of hydrogen-bond acceptors (Lipinski definition) is 5. The van der Waals surface area contributed by atoms with E-state index in [1.165, 1.54) is 37.0 Å². The van der Waals surface area contributed by atoms with Gasteiger partial charge >= 0.3 is 0 Å². The molecule has 1 aliphatic rings. The van der Waals surface area contributed by atoms with Crippen molar-refractivity contribution in [2.75, 3.05) is 39.3 Å². The van der Waals surface area contributed by atoms with Crippen LogP contribution in [0.5, 0.6) is 5.75 Å². The zero-order valence-corrected chi connectivity index (χ0v) is 19.8. The summed E-state index contributed by atoms with van der Waals surface area (Å²) in [6.07, 6.45) is 4.15. The van der Waals surface area contributed by atoms with E-state index in [-0.39, 0.29) is 12.4 Å². The van der Waals surface area contributed by atoms with Gasteiger partial charge in [-0.05, 0) is 54.8 Å². The molecule has 3 rings (SSSR count). The minimum atomic E-state index is -0.594. The molecule has 2 atom stereocenters. The second kappa shape index (κ2) is 12.7. The summed E-state index contributed by atoms with van der Waals surface area (Å²) in [5, 5.41) is 19.7. The van der Waals surface area contributed by atoms with Gasteiger partial charge in [-0.25, -0.2) is 4.39 Å². The lowest BCUT2D eigenvalue weighted by Crippen LogP contribution is -2.50. The summed E-state index contributed by atoms with van der Waals surface area (Å²) in [7, 11) is 0. The van der Waals surface area contributed by atoms with E-state index in [0.717, 1.165) is 43.7 Å². The summed E-state index contributed by atoms with van der Waals surface area (Å²) in [5.41, 5.74) is 3.08. The fourth-order valence-corrected chi connectivity index (χ4v) is 4.50. The Kier molecular flexibility index (Phi) is 9.68. The molecule has 1 saturated heterocycles. The second-order valence-electron chi connectivity index (χ2n) is 8.95. The van der Waals surface area contributed by atoms with Crippen molar-refractivity contribution in [3.8, 4) is 11.8 Å². The van der Waals surface area contributed by atoms with Crippen LogP contribution in [0.1, 0.15) is 55.3 Å². The van der Waals surface area contributed by atoms with Gasteiger partial charge in [0.25, 0.3) is 0 Å². The Morgan fingerprint density at radius 3 is 2.45 bits per heavy atom. The Bertz CT molecular complexity index is 905. The summed E-state index contributed by atoms with van der Waals surface area (Å²) in [4.78, 5) is 4.83. The highest BCUT2D eigenvalue weighted by atomic mass is 19.1. The van der Waals surface area contributed by atoms with E-state index in [1.807, 2.05) is 13.0 Å². The molecular formula is C27H36FN3O2. The first kappa shape index (κ1) is 25.2. The van der Waals surface area contributed by atoms with Gasteiger partial charge in [-0.15, -0.1) is 0 Å². The molecule has 2 aromatic rings. The van der Waals surface area contributed by atoms with Gasteiger partial charge in [0.15, 0.2) is 0 Å². The van der Waals surface area contributed by atoms with Crippen LogP contribution in [0.4, 0.5) is 4.39 Å². The van der Waals surface area contributed by atoms with Gasteiger partial charge in [-0.2, -0.15) is 5.26 Å². The Hall–Kier alpha value is -2.46. The molecule has 0 aromatic heterocycles. The zero-order chi connectivity index (χ0) is 23.6. The van der Waals surface area contributed by atoms with Crippen LogP contribution in [0, 0.1) is 24.1 Å². The molecule has 2 aromatic carbocycles. The summed E-state index contributed by atoms with van der Waals surface area (Å²) in [6.45, 7) is 8.67. The number of ether oxygens (including phenoxy) is 1.